The van der Waals surface area contributed by atoms with Gasteiger partial charge in [0.05, 0.1) is 34.0 Å². The number of fused-ring (bicyclic) bond motifs is 12. The third-order valence-corrected chi connectivity index (χ3v) is 12.6. The summed E-state index contributed by atoms with van der Waals surface area (Å²) in [5.41, 5.74) is 17.4. The van der Waals surface area contributed by atoms with Crippen molar-refractivity contribution in [2.45, 2.75) is 19.3 Å². The topological polar surface area (TPSA) is 30.7 Å². The molecule has 58 heavy (non-hydrogen) atoms. The fourth-order valence-electron chi connectivity index (χ4n) is 9.81. The molecular weight excluding hydrogens is 703 g/mol. The summed E-state index contributed by atoms with van der Waals surface area (Å²) in [5.74, 6) is 0. The third-order valence-electron chi connectivity index (χ3n) is 12.6. The second-order valence-corrected chi connectivity index (χ2v) is 16.2. The molecule has 0 amide bonds. The van der Waals surface area contributed by atoms with Crippen molar-refractivity contribution in [1.29, 1.82) is 0 Å². The van der Waals surface area contributed by atoms with Crippen LogP contribution in [0.5, 0.6) is 0 Å². The van der Waals surface area contributed by atoms with Gasteiger partial charge in [-0.2, -0.15) is 0 Å². The molecule has 0 unspecified atom stereocenters. The Morgan fingerprint density at radius 2 is 0.914 bits per heavy atom. The van der Waals surface area contributed by atoms with Gasteiger partial charge in [-0.25, -0.2) is 4.98 Å². The Balaban J connectivity index is 0.946. The van der Waals surface area contributed by atoms with Gasteiger partial charge in [0, 0.05) is 38.2 Å². The number of para-hydroxylation sites is 2. The van der Waals surface area contributed by atoms with Crippen molar-refractivity contribution in [2.24, 2.45) is 0 Å². The minimum atomic E-state index is -0.211. The summed E-state index contributed by atoms with van der Waals surface area (Å²) in [6, 6.07) is 66.2. The predicted octanol–water partition coefficient (Wildman–Crippen LogP) is 14.3. The Morgan fingerprint density at radius 1 is 0.397 bits per heavy atom. The van der Waals surface area contributed by atoms with Gasteiger partial charge in [0.15, 0.2) is 0 Å². The van der Waals surface area contributed by atoms with E-state index in [9.17, 15) is 0 Å². The van der Waals surface area contributed by atoms with E-state index in [2.05, 4.69) is 200 Å². The SMILES string of the molecule is CC1(C)c2cc(-c3cnc4c5ccccc5c5ccccc5c4n3)ccc2-c2ccc(-c3ccccc3-c3ccc4c(c3)c3ccccc3n4-c3ccccc3)cc21. The highest BCUT2D eigenvalue weighted by Crippen LogP contribution is 2.51. The first-order chi connectivity index (χ1) is 28.5. The lowest BCUT2D eigenvalue weighted by atomic mass is 9.80. The van der Waals surface area contributed by atoms with Crippen LogP contribution in [-0.2, 0) is 5.41 Å². The normalized spacial score (nSPS) is 13.1. The molecule has 3 nitrogen and oxygen atoms in total. The van der Waals surface area contributed by atoms with E-state index in [1.165, 1.54) is 82.8 Å². The standard InChI is InChI=1S/C55H37N3/c1-55(2)48-31-35(39-17-7-6-16-38(39)34-26-29-52-47(30-34)44-20-12-13-23-51(44)58(52)37-14-4-3-5-15-37)24-27-42(48)43-28-25-36(32-49(43)55)50-33-56-53-45-21-10-8-18-40(45)41-19-9-11-22-46(41)54(53)57-50/h3-33H,1-2H3. The molecule has 0 saturated heterocycles. The summed E-state index contributed by atoms with van der Waals surface area (Å²) in [6.07, 6.45) is 1.95. The maximum absolute atomic E-state index is 5.33. The van der Waals surface area contributed by atoms with Gasteiger partial charge >= 0.3 is 0 Å². The van der Waals surface area contributed by atoms with E-state index < -0.39 is 0 Å². The molecule has 0 N–H and O–H groups in total. The summed E-state index contributed by atoms with van der Waals surface area (Å²) in [5, 5.41) is 7.19. The van der Waals surface area contributed by atoms with Crippen LogP contribution in [0.15, 0.2) is 188 Å². The van der Waals surface area contributed by atoms with E-state index >= 15 is 0 Å². The fraction of sp³-hybridized carbons (Fsp3) is 0.0545. The molecule has 272 valence electrons. The molecule has 3 heteroatoms. The first-order valence-electron chi connectivity index (χ1n) is 20.1. The smallest absolute Gasteiger partial charge is 0.0979 e. The van der Waals surface area contributed by atoms with Gasteiger partial charge in [0.1, 0.15) is 0 Å². The van der Waals surface area contributed by atoms with Gasteiger partial charge < -0.3 is 4.57 Å². The van der Waals surface area contributed by atoms with Crippen LogP contribution in [0.4, 0.5) is 0 Å². The zero-order valence-corrected chi connectivity index (χ0v) is 32.2. The second kappa shape index (κ2) is 12.3. The zero-order valence-electron chi connectivity index (χ0n) is 32.2. The minimum absolute atomic E-state index is 0.211. The lowest BCUT2D eigenvalue weighted by Gasteiger charge is -2.23. The molecule has 1 aliphatic carbocycles. The molecule has 0 aliphatic heterocycles. The fourth-order valence-corrected chi connectivity index (χ4v) is 9.81. The Morgan fingerprint density at radius 3 is 1.62 bits per heavy atom. The number of nitrogens with zero attached hydrogens (tertiary/aromatic N) is 3. The maximum Gasteiger partial charge on any atom is 0.0979 e. The molecule has 0 atom stereocenters. The average molecular weight is 740 g/mol. The van der Waals surface area contributed by atoms with Crippen LogP contribution in [0, 0.1) is 0 Å². The van der Waals surface area contributed by atoms with Crippen LogP contribution in [0.25, 0.3) is 105 Å². The Kier molecular flexibility index (Phi) is 6.98. The highest BCUT2D eigenvalue weighted by Gasteiger charge is 2.36. The molecule has 9 aromatic carbocycles. The summed E-state index contributed by atoms with van der Waals surface area (Å²) in [4.78, 5) is 10.4. The van der Waals surface area contributed by atoms with Gasteiger partial charge in [-0.1, -0.05) is 153 Å². The first-order valence-corrected chi connectivity index (χ1v) is 20.1. The molecule has 1 aliphatic rings. The number of benzene rings is 9. The van der Waals surface area contributed by atoms with E-state index in [0.717, 1.165) is 33.1 Å². The van der Waals surface area contributed by atoms with E-state index in [-0.39, 0.29) is 5.41 Å². The maximum atomic E-state index is 5.33. The van der Waals surface area contributed by atoms with Gasteiger partial charge in [-0.15, -0.1) is 0 Å². The molecule has 0 spiro atoms. The largest absolute Gasteiger partial charge is 0.309 e. The Hall–Kier alpha value is -7.36. The quantitative estimate of drug-likeness (QED) is 0.168. The van der Waals surface area contributed by atoms with Crippen molar-refractivity contribution >= 4 is 54.4 Å². The van der Waals surface area contributed by atoms with Crippen LogP contribution in [-0.4, -0.2) is 14.5 Å². The number of aromatic nitrogens is 3. The van der Waals surface area contributed by atoms with E-state index in [4.69, 9.17) is 9.97 Å². The Bertz CT molecular complexity index is 3450. The zero-order chi connectivity index (χ0) is 38.5. The molecule has 12 rings (SSSR count). The minimum Gasteiger partial charge on any atom is -0.309 e. The third kappa shape index (κ3) is 4.74. The Labute approximate surface area is 336 Å². The van der Waals surface area contributed by atoms with Crippen LogP contribution in [0.1, 0.15) is 25.0 Å². The molecule has 0 saturated carbocycles. The van der Waals surface area contributed by atoms with Crippen LogP contribution < -0.4 is 0 Å². The van der Waals surface area contributed by atoms with E-state index in [1.807, 2.05) is 6.20 Å². The first kappa shape index (κ1) is 32.8. The molecular formula is C55H37N3. The molecule has 11 aromatic rings. The van der Waals surface area contributed by atoms with Crippen LogP contribution in [0.2, 0.25) is 0 Å². The monoisotopic (exact) mass is 739 g/mol. The summed E-state index contributed by atoms with van der Waals surface area (Å²) < 4.78 is 2.38. The molecule has 0 bridgehead atoms. The molecule has 2 aromatic heterocycles. The lowest BCUT2D eigenvalue weighted by molar-refractivity contribution is 0.661. The number of hydrogen-bond acceptors (Lipinski definition) is 2. The van der Waals surface area contributed by atoms with Crippen molar-refractivity contribution in [3.63, 3.8) is 0 Å². The highest BCUT2D eigenvalue weighted by molar-refractivity contribution is 6.23. The lowest BCUT2D eigenvalue weighted by Crippen LogP contribution is -2.15. The summed E-state index contributed by atoms with van der Waals surface area (Å²) in [6.45, 7) is 4.72. The van der Waals surface area contributed by atoms with Gasteiger partial charge in [0.25, 0.3) is 0 Å². The van der Waals surface area contributed by atoms with Gasteiger partial charge in [0.2, 0.25) is 0 Å². The van der Waals surface area contributed by atoms with Crippen molar-refractivity contribution in [3.05, 3.63) is 199 Å². The van der Waals surface area contributed by atoms with Crippen LogP contribution in [0.3, 0.4) is 0 Å². The summed E-state index contributed by atoms with van der Waals surface area (Å²) in [7, 11) is 0. The van der Waals surface area contributed by atoms with Gasteiger partial charge in [-0.3, -0.25) is 4.98 Å². The predicted molar refractivity (Wildman–Crippen MR) is 243 cm³/mol. The van der Waals surface area contributed by atoms with Crippen molar-refractivity contribution < 1.29 is 0 Å². The number of rotatable bonds is 4. The van der Waals surface area contributed by atoms with E-state index in [0.29, 0.717) is 0 Å². The van der Waals surface area contributed by atoms with Gasteiger partial charge in [-0.05, 0) is 97.7 Å². The second-order valence-electron chi connectivity index (χ2n) is 16.2. The molecule has 0 fully saturated rings. The average Bonchev–Trinajstić information content (AvgIpc) is 3.73. The highest BCUT2D eigenvalue weighted by atomic mass is 15.0. The number of hydrogen-bond donors (Lipinski definition) is 0. The molecule has 0 radical (unpaired) electrons. The van der Waals surface area contributed by atoms with Crippen molar-refractivity contribution in [3.8, 4) is 50.3 Å². The summed E-state index contributed by atoms with van der Waals surface area (Å²) >= 11 is 0. The van der Waals surface area contributed by atoms with Crippen molar-refractivity contribution in [1.82, 2.24) is 14.5 Å². The van der Waals surface area contributed by atoms with E-state index in [1.54, 1.807) is 0 Å². The molecule has 2 heterocycles. The van der Waals surface area contributed by atoms with Crippen LogP contribution >= 0.6 is 0 Å². The van der Waals surface area contributed by atoms with Crippen molar-refractivity contribution in [2.75, 3.05) is 0 Å².